The average molecular weight is 228 g/mol. The van der Waals surface area contributed by atoms with Crippen LogP contribution in [-0.2, 0) is 13.0 Å². The Kier molecular flexibility index (Phi) is 2.88. The van der Waals surface area contributed by atoms with Crippen LogP contribution in [0.3, 0.4) is 0 Å². The first-order valence-corrected chi connectivity index (χ1v) is 6.06. The molecule has 2 aromatic rings. The number of aromatic amines is 1. The third-order valence-electron chi connectivity index (χ3n) is 2.91. The van der Waals surface area contributed by atoms with E-state index in [1.807, 2.05) is 30.6 Å². The molecule has 4 heteroatoms. The molecule has 2 aromatic heterocycles. The summed E-state index contributed by atoms with van der Waals surface area (Å²) >= 11 is 0. The molecule has 0 unspecified atom stereocenters. The second kappa shape index (κ2) is 4.67. The summed E-state index contributed by atoms with van der Waals surface area (Å²) in [4.78, 5) is 12.0. The fourth-order valence-corrected chi connectivity index (χ4v) is 1.80. The number of nitrogens with zero attached hydrogens (tertiary/aromatic N) is 2. The van der Waals surface area contributed by atoms with Gasteiger partial charge in [0.15, 0.2) is 0 Å². The Morgan fingerprint density at radius 2 is 2.24 bits per heavy atom. The second-order valence-electron chi connectivity index (χ2n) is 4.51. The molecular formula is C13H16N4. The van der Waals surface area contributed by atoms with Crippen LogP contribution >= 0.6 is 0 Å². The topological polar surface area (TPSA) is 53.6 Å². The number of nitrogens with one attached hydrogen (secondary N) is 2. The van der Waals surface area contributed by atoms with Crippen LogP contribution in [0.25, 0.3) is 0 Å². The van der Waals surface area contributed by atoms with Crippen molar-refractivity contribution in [3.63, 3.8) is 0 Å². The van der Waals surface area contributed by atoms with E-state index in [2.05, 4.69) is 20.3 Å². The van der Waals surface area contributed by atoms with Gasteiger partial charge in [-0.05, 0) is 25.0 Å². The first-order valence-electron chi connectivity index (χ1n) is 6.06. The van der Waals surface area contributed by atoms with E-state index in [4.69, 9.17) is 0 Å². The Morgan fingerprint density at radius 3 is 3.00 bits per heavy atom. The van der Waals surface area contributed by atoms with E-state index in [0.29, 0.717) is 0 Å². The molecule has 0 radical (unpaired) electrons. The number of aromatic nitrogens is 3. The van der Waals surface area contributed by atoms with E-state index in [9.17, 15) is 0 Å². The largest absolute Gasteiger partial charge is 0.344 e. The predicted molar refractivity (Wildman–Crippen MR) is 65.5 cm³/mol. The molecule has 17 heavy (non-hydrogen) atoms. The van der Waals surface area contributed by atoms with Crippen LogP contribution in [0.1, 0.15) is 30.1 Å². The van der Waals surface area contributed by atoms with Gasteiger partial charge in [-0.1, -0.05) is 6.07 Å². The summed E-state index contributed by atoms with van der Waals surface area (Å²) in [6.07, 6.45) is 7.12. The second-order valence-corrected chi connectivity index (χ2v) is 4.51. The van der Waals surface area contributed by atoms with Crippen LogP contribution in [0.5, 0.6) is 0 Å². The van der Waals surface area contributed by atoms with Gasteiger partial charge >= 0.3 is 0 Å². The highest BCUT2D eigenvalue weighted by Gasteiger charge is 2.20. The maximum atomic E-state index is 4.37. The Morgan fingerprint density at radius 1 is 1.29 bits per heavy atom. The van der Waals surface area contributed by atoms with Gasteiger partial charge in [0.25, 0.3) is 0 Å². The lowest BCUT2D eigenvalue weighted by molar-refractivity contribution is 0.676. The van der Waals surface area contributed by atoms with Gasteiger partial charge < -0.3 is 10.3 Å². The van der Waals surface area contributed by atoms with Gasteiger partial charge in [-0.3, -0.25) is 4.98 Å². The Labute approximate surface area is 101 Å². The van der Waals surface area contributed by atoms with Crippen LogP contribution in [-0.4, -0.2) is 21.0 Å². The lowest BCUT2D eigenvalue weighted by Gasteiger charge is -1.99. The molecule has 0 aliphatic heterocycles. The van der Waals surface area contributed by atoms with E-state index in [0.717, 1.165) is 36.2 Å². The van der Waals surface area contributed by atoms with Crippen molar-refractivity contribution < 1.29 is 0 Å². The average Bonchev–Trinajstić information content (AvgIpc) is 3.09. The van der Waals surface area contributed by atoms with Crippen LogP contribution in [0.4, 0.5) is 0 Å². The van der Waals surface area contributed by atoms with Crippen LogP contribution in [0.15, 0.2) is 30.6 Å². The standard InChI is InChI=1S/C13H16N4/c1-2-6-14-11(3-1)7-13-16-9-12(17-13)8-15-10-4-5-10/h1-3,6,9-10,15H,4-5,7-8H2,(H,16,17). The van der Waals surface area contributed by atoms with Gasteiger partial charge in [-0.2, -0.15) is 0 Å². The van der Waals surface area contributed by atoms with Crippen molar-refractivity contribution in [1.82, 2.24) is 20.3 Å². The van der Waals surface area contributed by atoms with E-state index in [-0.39, 0.29) is 0 Å². The van der Waals surface area contributed by atoms with Crippen molar-refractivity contribution in [3.8, 4) is 0 Å². The van der Waals surface area contributed by atoms with E-state index in [1.54, 1.807) is 0 Å². The maximum Gasteiger partial charge on any atom is 0.112 e. The highest BCUT2D eigenvalue weighted by molar-refractivity contribution is 5.12. The highest BCUT2D eigenvalue weighted by Crippen LogP contribution is 2.19. The van der Waals surface area contributed by atoms with Gasteiger partial charge in [0, 0.05) is 42.8 Å². The molecule has 0 atom stereocenters. The molecule has 1 aliphatic rings. The van der Waals surface area contributed by atoms with Gasteiger partial charge in [0.05, 0.1) is 0 Å². The fourth-order valence-electron chi connectivity index (χ4n) is 1.80. The number of hydrogen-bond acceptors (Lipinski definition) is 3. The molecule has 1 saturated carbocycles. The van der Waals surface area contributed by atoms with E-state index < -0.39 is 0 Å². The van der Waals surface area contributed by atoms with Crippen LogP contribution < -0.4 is 5.32 Å². The molecule has 0 bridgehead atoms. The molecule has 2 heterocycles. The Balaban J connectivity index is 1.59. The molecule has 2 N–H and O–H groups in total. The van der Waals surface area contributed by atoms with E-state index in [1.165, 1.54) is 12.8 Å². The maximum absolute atomic E-state index is 4.37. The minimum Gasteiger partial charge on any atom is -0.344 e. The fraction of sp³-hybridized carbons (Fsp3) is 0.385. The number of hydrogen-bond donors (Lipinski definition) is 2. The number of rotatable bonds is 5. The lowest BCUT2D eigenvalue weighted by Crippen LogP contribution is -2.15. The lowest BCUT2D eigenvalue weighted by atomic mass is 10.2. The summed E-state index contributed by atoms with van der Waals surface area (Å²) in [5, 5.41) is 3.46. The van der Waals surface area contributed by atoms with Crippen molar-refractivity contribution in [2.24, 2.45) is 0 Å². The first-order chi connectivity index (χ1) is 8.40. The van der Waals surface area contributed by atoms with Crippen molar-refractivity contribution >= 4 is 0 Å². The zero-order valence-corrected chi connectivity index (χ0v) is 9.69. The smallest absolute Gasteiger partial charge is 0.112 e. The Hall–Kier alpha value is -1.68. The third kappa shape index (κ3) is 2.91. The quantitative estimate of drug-likeness (QED) is 0.818. The SMILES string of the molecule is c1ccc(Cc2ncc(CNC3CC3)[nH]2)nc1. The van der Waals surface area contributed by atoms with Gasteiger partial charge in [-0.15, -0.1) is 0 Å². The molecule has 88 valence electrons. The molecule has 0 spiro atoms. The van der Waals surface area contributed by atoms with Crippen molar-refractivity contribution in [1.29, 1.82) is 0 Å². The number of pyridine rings is 1. The first kappa shape index (κ1) is 10.5. The summed E-state index contributed by atoms with van der Waals surface area (Å²) in [7, 11) is 0. The summed E-state index contributed by atoms with van der Waals surface area (Å²) in [6.45, 7) is 0.889. The summed E-state index contributed by atoms with van der Waals surface area (Å²) < 4.78 is 0. The monoisotopic (exact) mass is 228 g/mol. The van der Waals surface area contributed by atoms with Gasteiger partial charge in [0.2, 0.25) is 0 Å². The molecule has 0 saturated heterocycles. The highest BCUT2D eigenvalue weighted by atomic mass is 15.0. The molecule has 4 nitrogen and oxygen atoms in total. The van der Waals surface area contributed by atoms with E-state index >= 15 is 0 Å². The van der Waals surface area contributed by atoms with Crippen molar-refractivity contribution in [2.75, 3.05) is 0 Å². The number of imidazole rings is 1. The van der Waals surface area contributed by atoms with Crippen LogP contribution in [0, 0.1) is 0 Å². The normalized spacial score (nSPS) is 15.1. The number of H-pyrrole nitrogens is 1. The molecular weight excluding hydrogens is 212 g/mol. The zero-order chi connectivity index (χ0) is 11.5. The summed E-state index contributed by atoms with van der Waals surface area (Å²) in [6, 6.07) is 6.68. The Bertz CT molecular complexity index is 473. The van der Waals surface area contributed by atoms with Crippen LogP contribution in [0.2, 0.25) is 0 Å². The van der Waals surface area contributed by atoms with Gasteiger partial charge in [0.1, 0.15) is 5.82 Å². The molecule has 0 aromatic carbocycles. The molecule has 3 rings (SSSR count). The minimum absolute atomic E-state index is 0.734. The molecule has 1 aliphatic carbocycles. The predicted octanol–water partition coefficient (Wildman–Crippen LogP) is 1.65. The third-order valence-corrected chi connectivity index (χ3v) is 2.91. The summed E-state index contributed by atoms with van der Waals surface area (Å²) in [5.74, 6) is 0.983. The minimum atomic E-state index is 0.734. The zero-order valence-electron chi connectivity index (χ0n) is 9.69. The van der Waals surface area contributed by atoms with Crippen molar-refractivity contribution in [3.05, 3.63) is 47.8 Å². The van der Waals surface area contributed by atoms with Crippen molar-refractivity contribution in [2.45, 2.75) is 31.8 Å². The molecule has 1 fully saturated rings. The van der Waals surface area contributed by atoms with Gasteiger partial charge in [-0.25, -0.2) is 4.98 Å². The molecule has 0 amide bonds. The summed E-state index contributed by atoms with van der Waals surface area (Å²) in [5.41, 5.74) is 2.20.